The van der Waals surface area contributed by atoms with Crippen LogP contribution in [0.3, 0.4) is 0 Å². The number of aliphatic hydroxyl groups excluding tert-OH is 1. The Bertz CT molecular complexity index is 446. The molecule has 0 spiro atoms. The van der Waals surface area contributed by atoms with Crippen LogP contribution in [0.15, 0.2) is 23.6 Å². The Kier molecular flexibility index (Phi) is 5.64. The molecule has 2 N–H and O–H groups in total. The van der Waals surface area contributed by atoms with E-state index < -0.39 is 10.0 Å². The average molecular weight is 292 g/mol. The minimum absolute atomic E-state index is 0.00429. The van der Waals surface area contributed by atoms with Crippen molar-refractivity contribution in [2.45, 2.75) is 20.1 Å². The highest BCUT2D eigenvalue weighted by atomic mass is 32.2. The molecule has 19 heavy (non-hydrogen) atoms. The number of sulfonamides is 1. The molecule has 0 bridgehead atoms. The highest BCUT2D eigenvalue weighted by Gasteiger charge is 2.33. The first-order valence-corrected chi connectivity index (χ1v) is 7.35. The average Bonchev–Trinajstić information content (AvgIpc) is 2.68. The minimum Gasteiger partial charge on any atom is -0.500 e. The van der Waals surface area contributed by atoms with Crippen LogP contribution in [0, 0.1) is 0 Å². The van der Waals surface area contributed by atoms with Crippen LogP contribution in [0.25, 0.3) is 0 Å². The zero-order valence-corrected chi connectivity index (χ0v) is 11.9. The third kappa shape index (κ3) is 3.85. The van der Waals surface area contributed by atoms with E-state index in [1.165, 1.54) is 6.26 Å². The van der Waals surface area contributed by atoms with E-state index in [1.54, 1.807) is 13.8 Å². The van der Waals surface area contributed by atoms with Gasteiger partial charge < -0.3 is 19.9 Å². The van der Waals surface area contributed by atoms with Crippen molar-refractivity contribution in [3.8, 4) is 0 Å². The van der Waals surface area contributed by atoms with Crippen LogP contribution in [0.1, 0.15) is 13.8 Å². The number of hydrogen-bond donors (Lipinski definition) is 2. The molecule has 0 saturated heterocycles. The number of ether oxygens (including phenoxy) is 2. The molecule has 8 heteroatoms. The molecule has 0 aliphatic carbocycles. The quantitative estimate of drug-likeness (QED) is 0.481. The summed E-state index contributed by atoms with van der Waals surface area (Å²) in [6.45, 7) is 6.71. The van der Waals surface area contributed by atoms with Crippen molar-refractivity contribution in [2.75, 3.05) is 26.3 Å². The summed E-state index contributed by atoms with van der Waals surface area (Å²) in [4.78, 5) is 0. The third-order valence-electron chi connectivity index (χ3n) is 2.53. The normalized spacial score (nSPS) is 19.3. The lowest BCUT2D eigenvalue weighted by Gasteiger charge is -2.21. The number of hydrogen-bond acceptors (Lipinski definition) is 6. The van der Waals surface area contributed by atoms with Crippen LogP contribution in [0.2, 0.25) is 0 Å². The molecule has 7 nitrogen and oxygen atoms in total. The van der Waals surface area contributed by atoms with Crippen molar-refractivity contribution in [3.63, 3.8) is 0 Å². The molecule has 0 radical (unpaired) electrons. The SMILES string of the molecule is C=COCCN(CCO)S(=O)(=O)C1=C(C)OC(C)N1. The molecule has 0 fully saturated rings. The van der Waals surface area contributed by atoms with Crippen LogP contribution in [0.5, 0.6) is 0 Å². The molecule has 1 unspecified atom stereocenters. The topological polar surface area (TPSA) is 88.1 Å². The number of allylic oxidation sites excluding steroid dienone is 1. The Morgan fingerprint density at radius 2 is 2.26 bits per heavy atom. The van der Waals surface area contributed by atoms with Crippen LogP contribution in [0.4, 0.5) is 0 Å². The largest absolute Gasteiger partial charge is 0.500 e. The van der Waals surface area contributed by atoms with Gasteiger partial charge >= 0.3 is 0 Å². The Balaban J connectivity index is 2.87. The van der Waals surface area contributed by atoms with Crippen molar-refractivity contribution in [2.24, 2.45) is 0 Å². The van der Waals surface area contributed by atoms with Gasteiger partial charge in [-0.3, -0.25) is 0 Å². The van der Waals surface area contributed by atoms with E-state index in [2.05, 4.69) is 11.9 Å². The molecule has 110 valence electrons. The van der Waals surface area contributed by atoms with E-state index in [1.807, 2.05) is 0 Å². The Morgan fingerprint density at radius 3 is 2.74 bits per heavy atom. The molecule has 0 aromatic heterocycles. The first-order valence-electron chi connectivity index (χ1n) is 5.91. The van der Waals surface area contributed by atoms with E-state index in [0.717, 1.165) is 4.31 Å². The van der Waals surface area contributed by atoms with Crippen molar-refractivity contribution in [1.82, 2.24) is 9.62 Å². The maximum atomic E-state index is 12.4. The van der Waals surface area contributed by atoms with Gasteiger partial charge in [-0.15, -0.1) is 0 Å². The van der Waals surface area contributed by atoms with Crippen molar-refractivity contribution in [1.29, 1.82) is 0 Å². The standard InChI is InChI=1S/C11H20N2O5S/c1-4-17-8-6-13(5-7-14)19(15,16)11-9(2)18-10(3)12-11/h4,10,12,14H,1,5-8H2,2-3H3. The van der Waals surface area contributed by atoms with E-state index in [9.17, 15) is 8.42 Å². The van der Waals surface area contributed by atoms with E-state index in [-0.39, 0.29) is 37.6 Å². The summed E-state index contributed by atoms with van der Waals surface area (Å²) in [5, 5.41) is 11.8. The second-order valence-electron chi connectivity index (χ2n) is 3.95. The summed E-state index contributed by atoms with van der Waals surface area (Å²) in [6, 6.07) is 0. The monoisotopic (exact) mass is 292 g/mol. The molecule has 1 aliphatic rings. The van der Waals surface area contributed by atoms with Gasteiger partial charge in [0.15, 0.2) is 11.3 Å². The molecular formula is C11H20N2O5S. The molecule has 1 atom stereocenters. The number of nitrogens with one attached hydrogen (secondary N) is 1. The summed E-state index contributed by atoms with van der Waals surface area (Å²) in [5.74, 6) is 0.320. The highest BCUT2D eigenvalue weighted by Crippen LogP contribution is 2.22. The molecule has 1 rings (SSSR count). The smallest absolute Gasteiger partial charge is 0.261 e. The van der Waals surface area contributed by atoms with Crippen molar-refractivity contribution in [3.05, 3.63) is 23.6 Å². The van der Waals surface area contributed by atoms with Crippen LogP contribution in [-0.4, -0.2) is 50.4 Å². The molecule has 1 heterocycles. The summed E-state index contributed by atoms with van der Waals surface area (Å²) in [6.07, 6.45) is 0.859. The van der Waals surface area contributed by atoms with Gasteiger partial charge in [-0.25, -0.2) is 8.42 Å². The van der Waals surface area contributed by atoms with Crippen molar-refractivity contribution >= 4 is 10.0 Å². The lowest BCUT2D eigenvalue weighted by molar-refractivity contribution is 0.146. The lowest BCUT2D eigenvalue weighted by atomic mass is 10.6. The number of nitrogens with zero attached hydrogens (tertiary/aromatic N) is 1. The van der Waals surface area contributed by atoms with E-state index in [4.69, 9.17) is 14.6 Å². The number of aliphatic hydroxyl groups is 1. The second-order valence-corrected chi connectivity index (χ2v) is 5.83. The summed E-state index contributed by atoms with van der Waals surface area (Å²) in [5.41, 5.74) is 0. The molecule has 0 aromatic rings. The van der Waals surface area contributed by atoms with Gasteiger partial charge in [-0.2, -0.15) is 4.31 Å². The maximum Gasteiger partial charge on any atom is 0.261 e. The van der Waals surface area contributed by atoms with E-state index >= 15 is 0 Å². The molecule has 1 aliphatic heterocycles. The maximum absolute atomic E-state index is 12.4. The fourth-order valence-corrected chi connectivity index (χ4v) is 3.34. The number of rotatable bonds is 8. The zero-order valence-electron chi connectivity index (χ0n) is 11.1. The van der Waals surface area contributed by atoms with Gasteiger partial charge in [0.2, 0.25) is 0 Å². The fourth-order valence-electron chi connectivity index (χ4n) is 1.72. The summed E-state index contributed by atoms with van der Waals surface area (Å²) < 4.78 is 36.1. The summed E-state index contributed by atoms with van der Waals surface area (Å²) in [7, 11) is -3.72. The predicted molar refractivity (Wildman–Crippen MR) is 70.1 cm³/mol. The van der Waals surface area contributed by atoms with Gasteiger partial charge in [0.1, 0.15) is 12.4 Å². The molecule has 0 amide bonds. The van der Waals surface area contributed by atoms with Gasteiger partial charge in [-0.1, -0.05) is 6.58 Å². The van der Waals surface area contributed by atoms with Gasteiger partial charge in [0, 0.05) is 13.1 Å². The van der Waals surface area contributed by atoms with E-state index in [0.29, 0.717) is 5.76 Å². The second kappa shape index (κ2) is 6.78. The molecule has 0 saturated carbocycles. The predicted octanol–water partition coefficient (Wildman–Crippen LogP) is -0.0746. The van der Waals surface area contributed by atoms with Crippen LogP contribution < -0.4 is 5.32 Å². The zero-order chi connectivity index (χ0) is 14.5. The third-order valence-corrected chi connectivity index (χ3v) is 4.50. The van der Waals surface area contributed by atoms with Gasteiger partial charge in [-0.05, 0) is 13.8 Å². The first-order chi connectivity index (χ1) is 8.93. The Hall–Kier alpha value is -1.25. The van der Waals surface area contributed by atoms with Crippen molar-refractivity contribution < 1.29 is 23.0 Å². The van der Waals surface area contributed by atoms with Gasteiger partial charge in [0.05, 0.1) is 12.9 Å². The van der Waals surface area contributed by atoms with Crippen LogP contribution in [-0.2, 0) is 19.5 Å². The highest BCUT2D eigenvalue weighted by molar-refractivity contribution is 7.93. The molecular weight excluding hydrogens is 272 g/mol. The first kappa shape index (κ1) is 15.8. The minimum atomic E-state index is -3.72. The molecule has 0 aromatic carbocycles. The fraction of sp³-hybridized carbons (Fsp3) is 0.636. The Morgan fingerprint density at radius 1 is 1.58 bits per heavy atom. The lowest BCUT2D eigenvalue weighted by Crippen LogP contribution is -2.40. The Labute approximate surface area is 113 Å². The van der Waals surface area contributed by atoms with Gasteiger partial charge in [0.25, 0.3) is 10.0 Å². The van der Waals surface area contributed by atoms with Crippen LogP contribution >= 0.6 is 0 Å². The summed E-state index contributed by atoms with van der Waals surface area (Å²) >= 11 is 0.